The maximum absolute atomic E-state index is 6.13. The van der Waals surface area contributed by atoms with Crippen LogP contribution in [0.4, 0.5) is 5.69 Å². The first-order valence-corrected chi connectivity index (χ1v) is 9.16. The highest BCUT2D eigenvalue weighted by Crippen LogP contribution is 2.35. The second kappa shape index (κ2) is 9.61. The van der Waals surface area contributed by atoms with Crippen molar-refractivity contribution in [3.05, 3.63) is 30.3 Å². The number of halogens is 1. The molecule has 1 heterocycles. The molecular formula is C19H31IN4. The number of likely N-dealkylation sites (tertiary alicyclic amines) is 1. The summed E-state index contributed by atoms with van der Waals surface area (Å²) in [5.74, 6) is 0.540. The van der Waals surface area contributed by atoms with Gasteiger partial charge in [-0.3, -0.25) is 9.89 Å². The van der Waals surface area contributed by atoms with Crippen LogP contribution in [0.15, 0.2) is 35.3 Å². The summed E-state index contributed by atoms with van der Waals surface area (Å²) in [5, 5.41) is 3.21. The van der Waals surface area contributed by atoms with E-state index < -0.39 is 0 Å². The van der Waals surface area contributed by atoms with E-state index >= 15 is 0 Å². The molecule has 0 radical (unpaired) electrons. The fourth-order valence-electron chi connectivity index (χ4n) is 4.09. The minimum atomic E-state index is 0. The average Bonchev–Trinajstić information content (AvgIpc) is 2.62. The number of hydrogen-bond donors (Lipinski definition) is 2. The number of nitrogens with one attached hydrogen (secondary N) is 1. The van der Waals surface area contributed by atoms with Gasteiger partial charge in [0.25, 0.3) is 0 Å². The van der Waals surface area contributed by atoms with Crippen molar-refractivity contribution in [3.8, 4) is 0 Å². The Morgan fingerprint density at radius 3 is 2.29 bits per heavy atom. The number of anilines is 1. The lowest BCUT2D eigenvalue weighted by atomic mass is 9.79. The molecule has 1 aliphatic carbocycles. The van der Waals surface area contributed by atoms with Crippen molar-refractivity contribution in [2.45, 2.75) is 56.9 Å². The van der Waals surface area contributed by atoms with Gasteiger partial charge in [-0.05, 0) is 50.9 Å². The third kappa shape index (κ3) is 5.09. The van der Waals surface area contributed by atoms with Crippen molar-refractivity contribution in [2.75, 3.05) is 25.0 Å². The van der Waals surface area contributed by atoms with Crippen LogP contribution in [0.25, 0.3) is 0 Å². The molecule has 0 atom stereocenters. The standard InChI is InChI=1S/C19H30N4.HI/c20-18(22-17-10-4-1-5-11-17)21-16-19(12-6-2-7-13-19)23-14-8-3-9-15-23;/h1,4-5,10-11H,2-3,6-9,12-16H2,(H3,20,21,22);1H. The van der Waals surface area contributed by atoms with Gasteiger partial charge in [-0.15, -0.1) is 24.0 Å². The van der Waals surface area contributed by atoms with Gasteiger partial charge in [0.05, 0.1) is 6.54 Å². The lowest BCUT2D eigenvalue weighted by Gasteiger charge is -2.47. The normalized spacial score (nSPS) is 21.8. The largest absolute Gasteiger partial charge is 0.370 e. The number of nitrogens with zero attached hydrogens (tertiary/aromatic N) is 2. The molecule has 3 N–H and O–H groups in total. The van der Waals surface area contributed by atoms with Crippen LogP contribution >= 0.6 is 24.0 Å². The summed E-state index contributed by atoms with van der Waals surface area (Å²) in [5.41, 5.74) is 7.39. The molecule has 3 rings (SSSR count). The zero-order valence-electron chi connectivity index (χ0n) is 14.5. The number of guanidine groups is 1. The number of para-hydroxylation sites is 1. The average molecular weight is 442 g/mol. The molecule has 0 spiro atoms. The Hall–Kier alpha value is -0.820. The first-order chi connectivity index (χ1) is 11.3. The third-order valence-electron chi connectivity index (χ3n) is 5.40. The number of nitrogens with two attached hydrogens (primary N) is 1. The summed E-state index contributed by atoms with van der Waals surface area (Å²) in [6.07, 6.45) is 10.6. The maximum atomic E-state index is 6.13. The van der Waals surface area contributed by atoms with Crippen LogP contribution in [0.5, 0.6) is 0 Å². The van der Waals surface area contributed by atoms with Crippen molar-refractivity contribution in [3.63, 3.8) is 0 Å². The fraction of sp³-hybridized carbons (Fsp3) is 0.632. The van der Waals surface area contributed by atoms with Crippen LogP contribution in [-0.2, 0) is 0 Å². The molecule has 0 amide bonds. The van der Waals surface area contributed by atoms with Gasteiger partial charge < -0.3 is 11.1 Å². The highest BCUT2D eigenvalue weighted by molar-refractivity contribution is 14.0. The summed E-state index contributed by atoms with van der Waals surface area (Å²) >= 11 is 0. The van der Waals surface area contributed by atoms with E-state index in [0.717, 1.165) is 12.2 Å². The van der Waals surface area contributed by atoms with Crippen LogP contribution in [-0.4, -0.2) is 36.0 Å². The lowest BCUT2D eigenvalue weighted by Crippen LogP contribution is -2.54. The predicted molar refractivity (Wildman–Crippen MR) is 113 cm³/mol. The Balaban J connectivity index is 0.00000208. The maximum Gasteiger partial charge on any atom is 0.193 e. The van der Waals surface area contributed by atoms with Gasteiger partial charge in [0.1, 0.15) is 0 Å². The smallest absolute Gasteiger partial charge is 0.193 e. The topological polar surface area (TPSA) is 53.6 Å². The molecular weight excluding hydrogens is 411 g/mol. The quantitative estimate of drug-likeness (QED) is 0.417. The first-order valence-electron chi connectivity index (χ1n) is 9.16. The lowest BCUT2D eigenvalue weighted by molar-refractivity contribution is 0.0408. The van der Waals surface area contributed by atoms with E-state index in [1.54, 1.807) is 0 Å². The number of hydrogen-bond acceptors (Lipinski definition) is 2. The van der Waals surface area contributed by atoms with Gasteiger partial charge in [-0.25, -0.2) is 0 Å². The van der Waals surface area contributed by atoms with E-state index in [-0.39, 0.29) is 29.5 Å². The molecule has 4 nitrogen and oxygen atoms in total. The van der Waals surface area contributed by atoms with Gasteiger partial charge in [0.15, 0.2) is 5.96 Å². The van der Waals surface area contributed by atoms with E-state index in [9.17, 15) is 0 Å². The van der Waals surface area contributed by atoms with Crippen molar-refractivity contribution >= 4 is 35.6 Å². The highest BCUT2D eigenvalue weighted by atomic mass is 127. The molecule has 1 aromatic rings. The third-order valence-corrected chi connectivity index (χ3v) is 5.40. The summed E-state index contributed by atoms with van der Waals surface area (Å²) < 4.78 is 0. The molecule has 0 bridgehead atoms. The number of rotatable bonds is 4. The van der Waals surface area contributed by atoms with Crippen LogP contribution in [0.1, 0.15) is 51.4 Å². The molecule has 2 fully saturated rings. The van der Waals surface area contributed by atoms with Crippen LogP contribution in [0, 0.1) is 0 Å². The van der Waals surface area contributed by atoms with Crippen molar-refractivity contribution in [1.82, 2.24) is 4.90 Å². The van der Waals surface area contributed by atoms with Crippen molar-refractivity contribution in [2.24, 2.45) is 10.7 Å². The van der Waals surface area contributed by atoms with E-state index in [1.807, 2.05) is 30.3 Å². The van der Waals surface area contributed by atoms with Gasteiger partial charge in [0, 0.05) is 11.2 Å². The van der Waals surface area contributed by atoms with Gasteiger partial charge in [-0.2, -0.15) is 0 Å². The number of piperidine rings is 1. The van der Waals surface area contributed by atoms with Gasteiger partial charge in [-0.1, -0.05) is 43.9 Å². The van der Waals surface area contributed by atoms with E-state index in [2.05, 4.69) is 10.2 Å². The molecule has 1 saturated heterocycles. The minimum absolute atomic E-state index is 0. The van der Waals surface area contributed by atoms with E-state index in [1.165, 1.54) is 64.5 Å². The summed E-state index contributed by atoms with van der Waals surface area (Å²) in [6, 6.07) is 10.1. The van der Waals surface area contributed by atoms with E-state index in [4.69, 9.17) is 10.7 Å². The van der Waals surface area contributed by atoms with Crippen LogP contribution in [0.3, 0.4) is 0 Å². The van der Waals surface area contributed by atoms with Crippen molar-refractivity contribution < 1.29 is 0 Å². The second-order valence-corrected chi connectivity index (χ2v) is 7.03. The number of aliphatic imine (C=N–C) groups is 1. The zero-order valence-corrected chi connectivity index (χ0v) is 16.9. The molecule has 0 unspecified atom stereocenters. The molecule has 1 saturated carbocycles. The summed E-state index contributed by atoms with van der Waals surface area (Å²) in [4.78, 5) is 7.45. The Bertz CT molecular complexity index is 505. The minimum Gasteiger partial charge on any atom is -0.370 e. The predicted octanol–water partition coefficient (Wildman–Crippen LogP) is 4.22. The molecule has 24 heavy (non-hydrogen) atoms. The Morgan fingerprint density at radius 1 is 1.00 bits per heavy atom. The SMILES string of the molecule is I.NC(=NCC1(N2CCCCC2)CCCCC1)Nc1ccccc1. The van der Waals surface area contributed by atoms with Crippen molar-refractivity contribution in [1.29, 1.82) is 0 Å². The molecule has 0 aromatic heterocycles. The van der Waals surface area contributed by atoms with Gasteiger partial charge in [0.2, 0.25) is 0 Å². The summed E-state index contributed by atoms with van der Waals surface area (Å²) in [6.45, 7) is 3.31. The second-order valence-electron chi connectivity index (χ2n) is 7.03. The van der Waals surface area contributed by atoms with Crippen LogP contribution < -0.4 is 11.1 Å². The Morgan fingerprint density at radius 2 is 1.62 bits per heavy atom. The molecule has 2 aliphatic rings. The zero-order chi connectivity index (χ0) is 16.0. The Labute approximate surface area is 163 Å². The van der Waals surface area contributed by atoms with Gasteiger partial charge >= 0.3 is 0 Å². The fourth-order valence-corrected chi connectivity index (χ4v) is 4.09. The molecule has 5 heteroatoms. The summed E-state index contributed by atoms with van der Waals surface area (Å²) in [7, 11) is 0. The molecule has 134 valence electrons. The Kier molecular flexibility index (Phi) is 7.81. The van der Waals surface area contributed by atoms with Crippen LogP contribution in [0.2, 0.25) is 0 Å². The van der Waals surface area contributed by atoms with E-state index in [0.29, 0.717) is 5.96 Å². The highest BCUT2D eigenvalue weighted by Gasteiger charge is 2.38. The molecule has 1 aliphatic heterocycles. The number of benzene rings is 1. The first kappa shape index (κ1) is 19.5. The monoisotopic (exact) mass is 442 g/mol. The molecule has 1 aromatic carbocycles.